The van der Waals surface area contributed by atoms with E-state index in [1.165, 1.54) is 7.05 Å². The second-order valence-corrected chi connectivity index (χ2v) is 4.98. The zero-order valence-corrected chi connectivity index (χ0v) is 8.61. The van der Waals surface area contributed by atoms with Crippen molar-refractivity contribution in [3.63, 3.8) is 0 Å². The van der Waals surface area contributed by atoms with Crippen LogP contribution in [0.5, 0.6) is 0 Å². The molecule has 0 heterocycles. The molecule has 6 heteroatoms. The average molecular weight is 216 g/mol. The third-order valence-corrected chi connectivity index (χ3v) is 3.63. The summed E-state index contributed by atoms with van der Waals surface area (Å²) in [6.45, 7) is -0.0127. The zero-order valence-electron chi connectivity index (χ0n) is 7.03. The molecule has 0 unspecified atom stereocenters. The number of aliphatic hydroxyl groups is 1. The molecule has 0 saturated carbocycles. The largest absolute Gasteiger partial charge is 0.395 e. The summed E-state index contributed by atoms with van der Waals surface area (Å²) in [5.41, 5.74) is 0. The van der Waals surface area contributed by atoms with Crippen LogP contribution in [0.15, 0.2) is 0 Å². The van der Waals surface area contributed by atoms with Gasteiger partial charge in [-0.05, 0) is 6.42 Å². The highest BCUT2D eigenvalue weighted by Gasteiger charge is 2.15. The van der Waals surface area contributed by atoms with Crippen molar-refractivity contribution < 1.29 is 13.5 Å². The Morgan fingerprint density at radius 2 is 2.08 bits per heavy atom. The smallest absolute Gasteiger partial charge is 0.213 e. The number of halogens is 1. The molecule has 4 nitrogen and oxygen atoms in total. The van der Waals surface area contributed by atoms with E-state index in [-0.39, 0.29) is 18.9 Å². The standard InChI is InChI=1S/C6H14ClNO3S/c1-8(4-5-9)12(10,11)6-2-3-7/h9H,2-6H2,1H3. The van der Waals surface area contributed by atoms with E-state index in [0.29, 0.717) is 12.3 Å². The molecule has 0 amide bonds. The van der Waals surface area contributed by atoms with Crippen molar-refractivity contribution in [1.29, 1.82) is 0 Å². The fraction of sp³-hybridized carbons (Fsp3) is 1.00. The number of likely N-dealkylation sites (N-methyl/N-ethyl adjacent to an activating group) is 1. The van der Waals surface area contributed by atoms with Crippen LogP contribution in [-0.4, -0.2) is 49.7 Å². The van der Waals surface area contributed by atoms with Gasteiger partial charge in [0.1, 0.15) is 0 Å². The lowest BCUT2D eigenvalue weighted by molar-refractivity contribution is 0.266. The van der Waals surface area contributed by atoms with Crippen molar-refractivity contribution in [3.05, 3.63) is 0 Å². The Labute approximate surface area is 78.2 Å². The summed E-state index contributed by atoms with van der Waals surface area (Å²) >= 11 is 5.36. The van der Waals surface area contributed by atoms with Gasteiger partial charge in [0.15, 0.2) is 0 Å². The molecule has 0 aromatic carbocycles. The third kappa shape index (κ3) is 4.25. The number of alkyl halides is 1. The van der Waals surface area contributed by atoms with Crippen molar-refractivity contribution in [3.8, 4) is 0 Å². The van der Waals surface area contributed by atoms with Gasteiger partial charge in [0.25, 0.3) is 0 Å². The van der Waals surface area contributed by atoms with Gasteiger partial charge in [-0.25, -0.2) is 12.7 Å². The summed E-state index contributed by atoms with van der Waals surface area (Å²) in [7, 11) is -1.75. The zero-order chi connectivity index (χ0) is 9.61. The molecule has 0 radical (unpaired) electrons. The number of hydrogen-bond acceptors (Lipinski definition) is 3. The maximum atomic E-state index is 11.2. The first-order valence-corrected chi connectivity index (χ1v) is 5.80. The number of sulfonamides is 1. The van der Waals surface area contributed by atoms with Gasteiger partial charge in [0, 0.05) is 19.5 Å². The fourth-order valence-electron chi connectivity index (χ4n) is 0.673. The lowest BCUT2D eigenvalue weighted by Crippen LogP contribution is -2.31. The van der Waals surface area contributed by atoms with Crippen molar-refractivity contribution in [2.45, 2.75) is 6.42 Å². The topological polar surface area (TPSA) is 57.6 Å². The monoisotopic (exact) mass is 215 g/mol. The molecule has 0 saturated heterocycles. The van der Waals surface area contributed by atoms with Gasteiger partial charge in [-0.3, -0.25) is 0 Å². The van der Waals surface area contributed by atoms with Gasteiger partial charge in [-0.1, -0.05) is 0 Å². The summed E-state index contributed by atoms with van der Waals surface area (Å²) in [4.78, 5) is 0. The highest BCUT2D eigenvalue weighted by Crippen LogP contribution is 2.00. The Kier molecular flexibility index (Phi) is 5.82. The van der Waals surface area contributed by atoms with E-state index in [1.807, 2.05) is 0 Å². The van der Waals surface area contributed by atoms with Gasteiger partial charge in [-0.2, -0.15) is 0 Å². The lowest BCUT2D eigenvalue weighted by atomic mass is 10.6. The Balaban J connectivity index is 4.01. The molecule has 0 rings (SSSR count). The highest BCUT2D eigenvalue weighted by atomic mass is 35.5. The van der Waals surface area contributed by atoms with E-state index in [2.05, 4.69) is 0 Å². The maximum absolute atomic E-state index is 11.2. The first-order valence-electron chi connectivity index (χ1n) is 3.65. The molecule has 0 aliphatic rings. The lowest BCUT2D eigenvalue weighted by Gasteiger charge is -2.14. The molecule has 0 atom stereocenters. The van der Waals surface area contributed by atoms with Crippen LogP contribution in [0.3, 0.4) is 0 Å². The van der Waals surface area contributed by atoms with Crippen LogP contribution in [0.25, 0.3) is 0 Å². The van der Waals surface area contributed by atoms with Gasteiger partial charge < -0.3 is 5.11 Å². The van der Waals surface area contributed by atoms with E-state index in [1.54, 1.807) is 0 Å². The van der Waals surface area contributed by atoms with Crippen molar-refractivity contribution in [2.75, 3.05) is 31.8 Å². The normalized spacial score (nSPS) is 12.3. The SMILES string of the molecule is CN(CCO)S(=O)(=O)CCCCl. The number of nitrogens with zero attached hydrogens (tertiary/aromatic N) is 1. The molecule has 0 aromatic rings. The number of aliphatic hydroxyl groups excluding tert-OH is 1. The second kappa shape index (κ2) is 5.75. The Morgan fingerprint density at radius 1 is 1.50 bits per heavy atom. The predicted molar refractivity (Wildman–Crippen MR) is 48.8 cm³/mol. The second-order valence-electron chi connectivity index (χ2n) is 2.40. The molecule has 0 aliphatic heterocycles. The van der Waals surface area contributed by atoms with E-state index in [0.717, 1.165) is 4.31 Å². The van der Waals surface area contributed by atoms with Crippen LogP contribution in [0.1, 0.15) is 6.42 Å². The first-order chi connectivity index (χ1) is 5.54. The summed E-state index contributed by atoms with van der Waals surface area (Å²) in [6, 6.07) is 0. The van der Waals surface area contributed by atoms with Crippen molar-refractivity contribution in [2.24, 2.45) is 0 Å². The molecule has 0 bridgehead atoms. The van der Waals surface area contributed by atoms with Crippen molar-refractivity contribution in [1.82, 2.24) is 4.31 Å². The maximum Gasteiger partial charge on any atom is 0.213 e. The minimum absolute atomic E-state index is 0.0486. The summed E-state index contributed by atoms with van der Waals surface area (Å²) in [5.74, 6) is 0.388. The summed E-state index contributed by atoms with van der Waals surface area (Å²) in [6.07, 6.45) is 0.444. The molecule has 0 spiro atoms. The van der Waals surface area contributed by atoms with Gasteiger partial charge in [0.05, 0.1) is 12.4 Å². The molecule has 12 heavy (non-hydrogen) atoms. The Morgan fingerprint density at radius 3 is 2.50 bits per heavy atom. The van der Waals surface area contributed by atoms with Crippen LogP contribution in [0.2, 0.25) is 0 Å². The van der Waals surface area contributed by atoms with Gasteiger partial charge >= 0.3 is 0 Å². The third-order valence-electron chi connectivity index (χ3n) is 1.43. The van der Waals surface area contributed by atoms with Crippen LogP contribution < -0.4 is 0 Å². The highest BCUT2D eigenvalue weighted by molar-refractivity contribution is 7.89. The van der Waals surface area contributed by atoms with E-state index in [9.17, 15) is 8.42 Å². The minimum atomic E-state index is -3.20. The van der Waals surface area contributed by atoms with Crippen LogP contribution in [0, 0.1) is 0 Å². The molecule has 0 aliphatic carbocycles. The van der Waals surface area contributed by atoms with E-state index in [4.69, 9.17) is 16.7 Å². The van der Waals surface area contributed by atoms with Crippen LogP contribution in [0.4, 0.5) is 0 Å². The Hall–Kier alpha value is 0.160. The van der Waals surface area contributed by atoms with E-state index >= 15 is 0 Å². The predicted octanol–water partition coefficient (Wildman–Crippen LogP) is -0.131. The van der Waals surface area contributed by atoms with Crippen LogP contribution >= 0.6 is 11.6 Å². The molecular formula is C6H14ClNO3S. The quantitative estimate of drug-likeness (QED) is 0.628. The first kappa shape index (κ1) is 12.2. The molecule has 0 aromatic heterocycles. The van der Waals surface area contributed by atoms with Gasteiger partial charge in [0.2, 0.25) is 10.0 Å². The minimum Gasteiger partial charge on any atom is -0.395 e. The molecule has 1 N–H and O–H groups in total. The molecule has 0 fully saturated rings. The summed E-state index contributed by atoms with van der Waals surface area (Å²) in [5, 5.41) is 8.49. The van der Waals surface area contributed by atoms with Crippen molar-refractivity contribution >= 4 is 21.6 Å². The fourth-order valence-corrected chi connectivity index (χ4v) is 2.15. The molecular weight excluding hydrogens is 202 g/mol. The molecule has 74 valence electrons. The average Bonchev–Trinajstić information content (AvgIpc) is 2.01. The number of hydrogen-bond donors (Lipinski definition) is 1. The van der Waals surface area contributed by atoms with E-state index < -0.39 is 10.0 Å². The van der Waals surface area contributed by atoms with Gasteiger partial charge in [-0.15, -0.1) is 11.6 Å². The number of rotatable bonds is 6. The Bertz CT molecular complexity index is 205. The van der Waals surface area contributed by atoms with Crippen LogP contribution in [-0.2, 0) is 10.0 Å². The summed E-state index contributed by atoms with van der Waals surface area (Å²) < 4.78 is 23.6.